The Balaban J connectivity index is 2.49. The maximum Gasteiger partial charge on any atom is 0.108 e. The van der Waals surface area contributed by atoms with Crippen molar-refractivity contribution in [1.82, 2.24) is 4.90 Å². The van der Waals surface area contributed by atoms with Crippen molar-refractivity contribution >= 4 is 0 Å². The predicted molar refractivity (Wildman–Crippen MR) is 73.9 cm³/mol. The van der Waals surface area contributed by atoms with E-state index in [1.807, 2.05) is 0 Å². The van der Waals surface area contributed by atoms with E-state index in [0.717, 1.165) is 22.5 Å². The average Bonchev–Trinajstić information content (AvgIpc) is 2.44. The Labute approximate surface area is 108 Å². The molecule has 2 aliphatic rings. The molecule has 0 aromatic carbocycles. The molecule has 4 atom stereocenters. The summed E-state index contributed by atoms with van der Waals surface area (Å²) in [6, 6.07) is 1.50. The van der Waals surface area contributed by atoms with E-state index in [1.165, 1.54) is 12.8 Å². The molecule has 2 bridgehead atoms. The first-order valence-electron chi connectivity index (χ1n) is 7.01. The van der Waals surface area contributed by atoms with Crippen LogP contribution in [0.1, 0.15) is 33.6 Å². The van der Waals surface area contributed by atoms with Gasteiger partial charge in [-0.3, -0.25) is 0 Å². The summed E-state index contributed by atoms with van der Waals surface area (Å²) in [4.78, 5) is 2.50. The number of fused-ring (bicyclic) bond motifs is 2. The monoisotopic (exact) mass is 239 g/mol. The van der Waals surface area contributed by atoms with E-state index < -0.39 is 0 Å². The molecule has 2 rings (SSSR count). The lowest BCUT2D eigenvalue weighted by Gasteiger charge is -2.47. The second kappa shape index (κ2) is 3.48. The molecule has 0 radical (unpaired) electrons. The SMILES string of the molecule is CN(C)[C@@H]1[C@@H]([N+](C)(C)C)[C@H]2CC[C@@]1(C)C2(C)C. The molecule has 0 heterocycles. The van der Waals surface area contributed by atoms with E-state index in [2.05, 4.69) is 60.9 Å². The third-order valence-corrected chi connectivity index (χ3v) is 6.21. The van der Waals surface area contributed by atoms with Gasteiger partial charge in [0.2, 0.25) is 0 Å². The highest BCUT2D eigenvalue weighted by Gasteiger charge is 2.70. The summed E-state index contributed by atoms with van der Waals surface area (Å²) in [6.45, 7) is 7.56. The third-order valence-electron chi connectivity index (χ3n) is 6.21. The number of hydrogen-bond donors (Lipinski definition) is 0. The van der Waals surface area contributed by atoms with Crippen molar-refractivity contribution in [1.29, 1.82) is 0 Å². The quantitative estimate of drug-likeness (QED) is 0.669. The normalized spacial score (nSPS) is 44.6. The highest BCUT2D eigenvalue weighted by molar-refractivity contribution is 5.17. The molecule has 2 aliphatic carbocycles. The van der Waals surface area contributed by atoms with Gasteiger partial charge in [-0.05, 0) is 37.8 Å². The number of hydrogen-bond acceptors (Lipinski definition) is 1. The van der Waals surface area contributed by atoms with Crippen molar-refractivity contribution in [3.8, 4) is 0 Å². The van der Waals surface area contributed by atoms with E-state index in [1.54, 1.807) is 0 Å². The van der Waals surface area contributed by atoms with Crippen LogP contribution in [0.3, 0.4) is 0 Å². The summed E-state index contributed by atoms with van der Waals surface area (Å²) >= 11 is 0. The molecule has 0 aromatic heterocycles. The molecular formula is C15H31N2+. The first-order chi connectivity index (χ1) is 7.53. The summed E-state index contributed by atoms with van der Waals surface area (Å²) in [7, 11) is 11.7. The molecule has 0 saturated heterocycles. The molecule has 2 nitrogen and oxygen atoms in total. The molecule has 100 valence electrons. The van der Waals surface area contributed by atoms with Crippen LogP contribution in [0.15, 0.2) is 0 Å². The second-order valence-electron chi connectivity index (χ2n) is 8.30. The Morgan fingerprint density at radius 3 is 1.94 bits per heavy atom. The zero-order valence-corrected chi connectivity index (χ0v) is 13.0. The van der Waals surface area contributed by atoms with Crippen molar-refractivity contribution in [2.75, 3.05) is 35.2 Å². The van der Waals surface area contributed by atoms with Crippen molar-refractivity contribution in [3.63, 3.8) is 0 Å². The van der Waals surface area contributed by atoms with E-state index in [-0.39, 0.29) is 0 Å². The first kappa shape index (κ1) is 13.4. The van der Waals surface area contributed by atoms with E-state index in [0.29, 0.717) is 10.8 Å². The smallest absolute Gasteiger partial charge is 0.108 e. The second-order valence-corrected chi connectivity index (χ2v) is 8.30. The van der Waals surface area contributed by atoms with Crippen molar-refractivity contribution in [2.45, 2.75) is 45.7 Å². The van der Waals surface area contributed by atoms with Crippen molar-refractivity contribution < 1.29 is 4.48 Å². The zero-order valence-electron chi connectivity index (χ0n) is 13.0. The van der Waals surface area contributed by atoms with Gasteiger partial charge in [0.15, 0.2) is 0 Å². The van der Waals surface area contributed by atoms with Crippen LogP contribution in [-0.4, -0.2) is 56.7 Å². The molecule has 0 unspecified atom stereocenters. The van der Waals surface area contributed by atoms with Crippen LogP contribution in [0.5, 0.6) is 0 Å². The van der Waals surface area contributed by atoms with Crippen molar-refractivity contribution in [3.05, 3.63) is 0 Å². The number of likely N-dealkylation sites (N-methyl/N-ethyl adjacent to an activating group) is 2. The van der Waals surface area contributed by atoms with E-state index in [4.69, 9.17) is 0 Å². The third kappa shape index (κ3) is 1.53. The van der Waals surface area contributed by atoms with Gasteiger partial charge in [-0.15, -0.1) is 0 Å². The fourth-order valence-electron chi connectivity index (χ4n) is 5.12. The van der Waals surface area contributed by atoms with Crippen LogP contribution in [0.2, 0.25) is 0 Å². The standard InChI is InChI=1S/C15H31N2/c1-14(2)11-9-10-15(14,3)13(16(4)5)12(11)17(6,7)8/h11-13H,9-10H2,1-8H3/q+1/t11-,12+,13-,15-/m1/s1. The Morgan fingerprint density at radius 2 is 1.59 bits per heavy atom. The lowest BCUT2D eigenvalue weighted by molar-refractivity contribution is -0.902. The number of quaternary nitrogens is 1. The highest BCUT2D eigenvalue weighted by atomic mass is 15.4. The molecule has 0 aliphatic heterocycles. The summed E-state index contributed by atoms with van der Waals surface area (Å²) in [5, 5.41) is 0. The van der Waals surface area contributed by atoms with Crippen LogP contribution in [0.25, 0.3) is 0 Å². The van der Waals surface area contributed by atoms with Crippen LogP contribution in [0.4, 0.5) is 0 Å². The van der Waals surface area contributed by atoms with Gasteiger partial charge in [-0.2, -0.15) is 0 Å². The van der Waals surface area contributed by atoms with Gasteiger partial charge >= 0.3 is 0 Å². The molecule has 2 fully saturated rings. The average molecular weight is 239 g/mol. The van der Waals surface area contributed by atoms with E-state index >= 15 is 0 Å². The molecule has 0 N–H and O–H groups in total. The lowest BCUT2D eigenvalue weighted by atomic mass is 9.69. The van der Waals surface area contributed by atoms with Crippen LogP contribution in [-0.2, 0) is 0 Å². The minimum absolute atomic E-state index is 0.483. The van der Waals surface area contributed by atoms with Gasteiger partial charge in [0.05, 0.1) is 27.2 Å². The Kier molecular flexibility index (Phi) is 2.73. The van der Waals surface area contributed by atoms with Gasteiger partial charge in [-0.1, -0.05) is 20.8 Å². The van der Waals surface area contributed by atoms with Gasteiger partial charge < -0.3 is 9.38 Å². The molecule has 2 heteroatoms. The van der Waals surface area contributed by atoms with Crippen molar-refractivity contribution in [2.24, 2.45) is 16.7 Å². The summed E-state index contributed by atoms with van der Waals surface area (Å²) in [5.41, 5.74) is 0.968. The molecule has 2 saturated carbocycles. The predicted octanol–water partition coefficient (Wildman–Crippen LogP) is 2.45. The molecule has 17 heavy (non-hydrogen) atoms. The summed E-state index contributed by atoms with van der Waals surface area (Å²) in [6.07, 6.45) is 2.83. The Bertz CT molecular complexity index is 313. The summed E-state index contributed by atoms with van der Waals surface area (Å²) < 4.78 is 1.10. The number of nitrogens with zero attached hydrogens (tertiary/aromatic N) is 2. The van der Waals surface area contributed by atoms with Crippen LogP contribution in [0, 0.1) is 16.7 Å². The largest absolute Gasteiger partial charge is 0.327 e. The minimum atomic E-state index is 0.483. The Morgan fingerprint density at radius 1 is 1.06 bits per heavy atom. The van der Waals surface area contributed by atoms with E-state index in [9.17, 15) is 0 Å². The van der Waals surface area contributed by atoms with Gasteiger partial charge in [0.25, 0.3) is 0 Å². The van der Waals surface area contributed by atoms with Crippen LogP contribution < -0.4 is 0 Å². The molecule has 0 amide bonds. The number of rotatable bonds is 2. The first-order valence-corrected chi connectivity index (χ1v) is 7.01. The fraction of sp³-hybridized carbons (Fsp3) is 1.00. The van der Waals surface area contributed by atoms with Gasteiger partial charge in [-0.25, -0.2) is 0 Å². The topological polar surface area (TPSA) is 3.24 Å². The minimum Gasteiger partial charge on any atom is -0.327 e. The highest BCUT2D eigenvalue weighted by Crippen LogP contribution is 2.67. The lowest BCUT2D eigenvalue weighted by Crippen LogP contribution is -2.60. The van der Waals surface area contributed by atoms with Gasteiger partial charge in [0.1, 0.15) is 6.04 Å². The molecule has 0 spiro atoms. The maximum atomic E-state index is 2.54. The molecule has 0 aromatic rings. The summed E-state index contributed by atoms with van der Waals surface area (Å²) in [5.74, 6) is 0.875. The Hall–Kier alpha value is -0.0800. The molecular weight excluding hydrogens is 208 g/mol. The zero-order chi connectivity index (χ0) is 13.2. The maximum absolute atomic E-state index is 2.54. The van der Waals surface area contributed by atoms with Crippen LogP contribution >= 0.6 is 0 Å². The fourth-order valence-corrected chi connectivity index (χ4v) is 5.12. The van der Waals surface area contributed by atoms with Gasteiger partial charge in [0, 0.05) is 5.92 Å².